The van der Waals surface area contributed by atoms with Gasteiger partial charge >= 0.3 is 5.97 Å². The summed E-state index contributed by atoms with van der Waals surface area (Å²) in [5.41, 5.74) is 1.37. The Bertz CT molecular complexity index is 1010. The normalized spacial score (nSPS) is 16.0. The van der Waals surface area contributed by atoms with E-state index in [9.17, 15) is 13.2 Å². The third-order valence-corrected chi connectivity index (χ3v) is 7.25. The highest BCUT2D eigenvalue weighted by Gasteiger charge is 2.37. The van der Waals surface area contributed by atoms with Crippen molar-refractivity contribution in [2.24, 2.45) is 0 Å². The van der Waals surface area contributed by atoms with Crippen LogP contribution in [0.25, 0.3) is 0 Å². The molecule has 0 spiro atoms. The Hall–Kier alpha value is -1.96. The van der Waals surface area contributed by atoms with Crippen LogP contribution < -0.4 is 9.04 Å². The van der Waals surface area contributed by atoms with Gasteiger partial charge in [-0.05, 0) is 48.4 Å². The summed E-state index contributed by atoms with van der Waals surface area (Å²) in [6, 6.07) is 9.44. The summed E-state index contributed by atoms with van der Waals surface area (Å²) in [5, 5.41) is 0.447. The molecular formula is C19H19Cl2NO5S. The Morgan fingerprint density at radius 1 is 1.14 bits per heavy atom. The first-order chi connectivity index (χ1) is 13.3. The van der Waals surface area contributed by atoms with Crippen LogP contribution in [-0.4, -0.2) is 35.2 Å². The number of hydrogen-bond donors (Lipinski definition) is 0. The van der Waals surface area contributed by atoms with Crippen molar-refractivity contribution in [3.63, 3.8) is 0 Å². The minimum absolute atomic E-state index is 0.0530. The molecule has 28 heavy (non-hydrogen) atoms. The van der Waals surface area contributed by atoms with Gasteiger partial charge in [-0.1, -0.05) is 23.2 Å². The molecule has 3 rings (SSSR count). The Morgan fingerprint density at radius 3 is 2.54 bits per heavy atom. The number of ether oxygens (including phenoxy) is 2. The summed E-state index contributed by atoms with van der Waals surface area (Å²) in [4.78, 5) is 11.6. The molecule has 6 nitrogen and oxygen atoms in total. The first-order valence-electron chi connectivity index (χ1n) is 8.50. The molecule has 1 aliphatic heterocycles. The van der Waals surface area contributed by atoms with E-state index in [1.165, 1.54) is 29.6 Å². The van der Waals surface area contributed by atoms with Crippen molar-refractivity contribution in [1.29, 1.82) is 0 Å². The molecule has 0 saturated carbocycles. The average Bonchev–Trinajstić information content (AvgIpc) is 3.06. The molecule has 1 atom stereocenters. The maximum absolute atomic E-state index is 13.3. The number of carbonyl (C=O) groups excluding carboxylic acids is 1. The predicted molar refractivity (Wildman–Crippen MR) is 108 cm³/mol. The number of nitrogens with zero attached hydrogens (tertiary/aromatic N) is 1. The Kier molecular flexibility index (Phi) is 6.07. The third-order valence-electron chi connectivity index (χ3n) is 4.73. The van der Waals surface area contributed by atoms with Gasteiger partial charge in [0, 0.05) is 18.9 Å². The highest BCUT2D eigenvalue weighted by atomic mass is 35.5. The Balaban J connectivity index is 2.00. The smallest absolute Gasteiger partial charge is 0.305 e. The lowest BCUT2D eigenvalue weighted by Crippen LogP contribution is -2.30. The standard InChI is InChI=1S/C19H19Cl2NO5S/c1-26-13-4-7-18-15(9-13)12(3-8-19(23)27-2)11-22(18)28(24,25)14-5-6-16(20)17(21)10-14/h4-7,9-10,12H,3,8,11H2,1-2H3. The molecule has 0 fully saturated rings. The molecule has 1 heterocycles. The lowest BCUT2D eigenvalue weighted by molar-refractivity contribution is -0.140. The summed E-state index contributed by atoms with van der Waals surface area (Å²) in [6.45, 7) is 0.210. The van der Waals surface area contributed by atoms with E-state index in [4.69, 9.17) is 32.7 Å². The lowest BCUT2D eigenvalue weighted by atomic mass is 9.96. The maximum Gasteiger partial charge on any atom is 0.305 e. The number of methoxy groups -OCH3 is 2. The minimum Gasteiger partial charge on any atom is -0.497 e. The molecule has 0 bridgehead atoms. The van der Waals surface area contributed by atoms with Gasteiger partial charge in [0.25, 0.3) is 10.0 Å². The van der Waals surface area contributed by atoms with Gasteiger partial charge in [0.2, 0.25) is 0 Å². The van der Waals surface area contributed by atoms with Gasteiger partial charge in [0.05, 0.1) is 34.8 Å². The molecule has 0 aliphatic carbocycles. The number of halogens is 2. The topological polar surface area (TPSA) is 72.9 Å². The molecule has 1 aliphatic rings. The van der Waals surface area contributed by atoms with E-state index < -0.39 is 10.0 Å². The van der Waals surface area contributed by atoms with E-state index in [0.717, 1.165) is 5.56 Å². The minimum atomic E-state index is -3.85. The molecule has 1 unspecified atom stereocenters. The van der Waals surface area contributed by atoms with Crippen molar-refractivity contribution in [3.8, 4) is 5.75 Å². The highest BCUT2D eigenvalue weighted by molar-refractivity contribution is 7.92. The molecule has 0 saturated heterocycles. The van der Waals surface area contributed by atoms with Crippen molar-refractivity contribution < 1.29 is 22.7 Å². The van der Waals surface area contributed by atoms with Crippen LogP contribution in [0.15, 0.2) is 41.3 Å². The largest absolute Gasteiger partial charge is 0.497 e. The number of hydrogen-bond acceptors (Lipinski definition) is 5. The number of rotatable bonds is 6. The molecule has 0 radical (unpaired) electrons. The summed E-state index contributed by atoms with van der Waals surface area (Å²) in [7, 11) is -0.980. The van der Waals surface area contributed by atoms with Crippen molar-refractivity contribution >= 4 is 44.9 Å². The zero-order valence-electron chi connectivity index (χ0n) is 15.3. The fraction of sp³-hybridized carbons (Fsp3) is 0.316. The van der Waals surface area contributed by atoms with E-state index in [1.54, 1.807) is 19.2 Å². The number of esters is 1. The van der Waals surface area contributed by atoms with Crippen LogP contribution in [-0.2, 0) is 19.6 Å². The van der Waals surface area contributed by atoms with Gasteiger partial charge in [-0.3, -0.25) is 9.10 Å². The van der Waals surface area contributed by atoms with Crippen LogP contribution in [0.1, 0.15) is 24.3 Å². The summed E-state index contributed by atoms with van der Waals surface area (Å²) < 4.78 is 37.8. The molecule has 9 heteroatoms. The first-order valence-corrected chi connectivity index (χ1v) is 10.7. The molecule has 0 N–H and O–H groups in total. The van der Waals surface area contributed by atoms with Crippen LogP contribution in [0, 0.1) is 0 Å². The van der Waals surface area contributed by atoms with Crippen LogP contribution in [0.2, 0.25) is 10.0 Å². The molecule has 2 aromatic rings. The summed E-state index contributed by atoms with van der Waals surface area (Å²) >= 11 is 11.9. The zero-order valence-corrected chi connectivity index (χ0v) is 17.6. The van der Waals surface area contributed by atoms with Crippen molar-refractivity contribution in [2.45, 2.75) is 23.7 Å². The van der Waals surface area contributed by atoms with E-state index in [-0.39, 0.29) is 39.8 Å². The van der Waals surface area contributed by atoms with Crippen molar-refractivity contribution in [3.05, 3.63) is 52.0 Å². The van der Waals surface area contributed by atoms with Crippen LogP contribution in [0.3, 0.4) is 0 Å². The van der Waals surface area contributed by atoms with Gasteiger partial charge in [-0.2, -0.15) is 0 Å². The SMILES string of the molecule is COC(=O)CCC1CN(S(=O)(=O)c2ccc(Cl)c(Cl)c2)c2ccc(OC)cc21. The second-order valence-corrected chi connectivity index (χ2v) is 9.03. The van der Waals surface area contributed by atoms with Gasteiger partial charge in [-0.25, -0.2) is 8.42 Å². The third kappa shape index (κ3) is 3.92. The molecule has 2 aromatic carbocycles. The van der Waals surface area contributed by atoms with Crippen molar-refractivity contribution in [2.75, 3.05) is 25.1 Å². The number of fused-ring (bicyclic) bond motifs is 1. The number of carbonyl (C=O) groups is 1. The first kappa shape index (κ1) is 20.8. The summed E-state index contributed by atoms with van der Waals surface area (Å²) in [5.74, 6) is 0.118. The zero-order chi connectivity index (χ0) is 20.5. The molecular weight excluding hydrogens is 425 g/mol. The van der Waals surface area contributed by atoms with Gasteiger partial charge in [0.1, 0.15) is 5.75 Å². The number of anilines is 1. The molecule has 0 amide bonds. The number of sulfonamides is 1. The van der Waals surface area contributed by atoms with Crippen LogP contribution >= 0.6 is 23.2 Å². The van der Waals surface area contributed by atoms with Crippen LogP contribution in [0.4, 0.5) is 5.69 Å². The van der Waals surface area contributed by atoms with E-state index >= 15 is 0 Å². The maximum atomic E-state index is 13.3. The van der Waals surface area contributed by atoms with Gasteiger partial charge in [-0.15, -0.1) is 0 Å². The Morgan fingerprint density at radius 2 is 1.89 bits per heavy atom. The fourth-order valence-corrected chi connectivity index (χ4v) is 5.17. The number of benzene rings is 2. The molecule has 0 aromatic heterocycles. The lowest BCUT2D eigenvalue weighted by Gasteiger charge is -2.20. The fourth-order valence-electron chi connectivity index (χ4n) is 3.24. The second-order valence-electron chi connectivity index (χ2n) is 6.35. The van der Waals surface area contributed by atoms with Gasteiger partial charge < -0.3 is 9.47 Å². The van der Waals surface area contributed by atoms with E-state index in [2.05, 4.69) is 0 Å². The highest BCUT2D eigenvalue weighted by Crippen LogP contribution is 2.43. The molecule has 150 valence electrons. The average molecular weight is 444 g/mol. The van der Waals surface area contributed by atoms with E-state index in [0.29, 0.717) is 17.9 Å². The summed E-state index contributed by atoms with van der Waals surface area (Å²) in [6.07, 6.45) is 0.652. The van der Waals surface area contributed by atoms with Crippen molar-refractivity contribution in [1.82, 2.24) is 0 Å². The van der Waals surface area contributed by atoms with Gasteiger partial charge in [0.15, 0.2) is 0 Å². The van der Waals surface area contributed by atoms with Crippen LogP contribution in [0.5, 0.6) is 5.75 Å². The second kappa shape index (κ2) is 8.19. The quantitative estimate of drug-likeness (QED) is 0.623. The van der Waals surface area contributed by atoms with E-state index in [1.807, 2.05) is 6.07 Å². The monoisotopic (exact) mass is 443 g/mol. The Labute approximate surface area is 174 Å². The predicted octanol–water partition coefficient (Wildman–Crippen LogP) is 4.25.